The molecule has 0 aliphatic carbocycles. The third-order valence-electron chi connectivity index (χ3n) is 2.40. The molecular formula is C11H19N3. The van der Waals surface area contributed by atoms with E-state index in [0.29, 0.717) is 5.92 Å². The summed E-state index contributed by atoms with van der Waals surface area (Å²) in [4.78, 5) is 8.41. The summed E-state index contributed by atoms with van der Waals surface area (Å²) in [5.74, 6) is 0.506. The van der Waals surface area contributed by atoms with Gasteiger partial charge in [0, 0.05) is 17.3 Å². The molecule has 0 fully saturated rings. The molecule has 1 rings (SSSR count). The molecule has 0 radical (unpaired) electrons. The summed E-state index contributed by atoms with van der Waals surface area (Å²) in [5, 5.41) is 0. The van der Waals surface area contributed by atoms with E-state index in [2.05, 4.69) is 23.0 Å². The summed E-state index contributed by atoms with van der Waals surface area (Å²) in [5.41, 5.74) is 7.77. The second kappa shape index (κ2) is 5.70. The fraction of sp³-hybridized carbons (Fsp3) is 0.636. The zero-order valence-corrected chi connectivity index (χ0v) is 9.03. The molecule has 0 aliphatic rings. The highest BCUT2D eigenvalue weighted by atomic mass is 14.8. The molecule has 0 aromatic carbocycles. The summed E-state index contributed by atoms with van der Waals surface area (Å²) in [7, 11) is 0. The first kappa shape index (κ1) is 11.1. The van der Waals surface area contributed by atoms with Crippen LogP contribution in [0.3, 0.4) is 0 Å². The van der Waals surface area contributed by atoms with E-state index in [0.717, 1.165) is 30.8 Å². The van der Waals surface area contributed by atoms with Crippen LogP contribution in [0.25, 0.3) is 0 Å². The average Bonchev–Trinajstić information content (AvgIpc) is 2.17. The highest BCUT2D eigenvalue weighted by molar-refractivity contribution is 5.11. The summed E-state index contributed by atoms with van der Waals surface area (Å²) in [6, 6.07) is 2.07. The van der Waals surface area contributed by atoms with Gasteiger partial charge in [-0.15, -0.1) is 0 Å². The molecule has 3 nitrogen and oxygen atoms in total. The van der Waals surface area contributed by atoms with Gasteiger partial charge in [0.2, 0.25) is 0 Å². The van der Waals surface area contributed by atoms with Crippen molar-refractivity contribution < 1.29 is 0 Å². The average molecular weight is 193 g/mol. The molecule has 0 aliphatic heterocycles. The van der Waals surface area contributed by atoms with E-state index in [4.69, 9.17) is 5.73 Å². The Kier molecular flexibility index (Phi) is 4.53. The molecule has 1 aromatic heterocycles. The quantitative estimate of drug-likeness (QED) is 0.778. The van der Waals surface area contributed by atoms with Crippen molar-refractivity contribution in [3.8, 4) is 0 Å². The summed E-state index contributed by atoms with van der Waals surface area (Å²) in [6.45, 7) is 4.92. The van der Waals surface area contributed by atoms with Crippen LogP contribution >= 0.6 is 0 Å². The van der Waals surface area contributed by atoms with Gasteiger partial charge in [0.15, 0.2) is 0 Å². The van der Waals surface area contributed by atoms with Crippen LogP contribution in [-0.2, 0) is 0 Å². The first-order chi connectivity index (χ1) is 6.77. The number of aryl methyl sites for hydroxylation is 1. The number of rotatable bonds is 5. The number of hydrogen-bond donors (Lipinski definition) is 1. The zero-order chi connectivity index (χ0) is 10.4. The molecule has 14 heavy (non-hydrogen) atoms. The van der Waals surface area contributed by atoms with E-state index in [1.807, 2.05) is 6.92 Å². The maximum absolute atomic E-state index is 5.59. The third kappa shape index (κ3) is 3.07. The molecule has 1 unspecified atom stereocenters. The highest BCUT2D eigenvalue weighted by Gasteiger charge is 2.11. The molecular weight excluding hydrogens is 174 g/mol. The first-order valence-corrected chi connectivity index (χ1v) is 5.26. The molecule has 78 valence electrons. The van der Waals surface area contributed by atoms with E-state index >= 15 is 0 Å². The van der Waals surface area contributed by atoms with Crippen molar-refractivity contribution in [3.05, 3.63) is 23.8 Å². The van der Waals surface area contributed by atoms with E-state index in [-0.39, 0.29) is 0 Å². The maximum Gasteiger partial charge on any atom is 0.115 e. The lowest BCUT2D eigenvalue weighted by atomic mass is 9.95. The second-order valence-corrected chi connectivity index (χ2v) is 3.65. The van der Waals surface area contributed by atoms with Gasteiger partial charge >= 0.3 is 0 Å². The Hall–Kier alpha value is -0.960. The Labute approximate surface area is 85.8 Å². The first-order valence-electron chi connectivity index (χ1n) is 5.26. The molecule has 0 bridgehead atoms. The number of nitrogens with zero attached hydrogens (tertiary/aromatic N) is 2. The SMILES string of the molecule is CCCC(CCN)c1cc(C)ncn1. The lowest BCUT2D eigenvalue weighted by Gasteiger charge is -2.14. The van der Waals surface area contributed by atoms with Crippen LogP contribution in [0, 0.1) is 6.92 Å². The van der Waals surface area contributed by atoms with E-state index in [1.54, 1.807) is 6.33 Å². The predicted molar refractivity (Wildman–Crippen MR) is 58.1 cm³/mol. The van der Waals surface area contributed by atoms with E-state index in [1.165, 1.54) is 6.42 Å². The minimum absolute atomic E-state index is 0.506. The van der Waals surface area contributed by atoms with Crippen LogP contribution in [0.15, 0.2) is 12.4 Å². The molecule has 0 saturated carbocycles. The molecule has 1 heterocycles. The number of nitrogens with two attached hydrogens (primary N) is 1. The van der Waals surface area contributed by atoms with Crippen molar-refractivity contribution in [2.75, 3.05) is 6.54 Å². The van der Waals surface area contributed by atoms with Crippen LogP contribution in [0.4, 0.5) is 0 Å². The van der Waals surface area contributed by atoms with Gasteiger partial charge in [-0.2, -0.15) is 0 Å². The van der Waals surface area contributed by atoms with Gasteiger partial charge in [-0.1, -0.05) is 13.3 Å². The van der Waals surface area contributed by atoms with Crippen molar-refractivity contribution in [3.63, 3.8) is 0 Å². The lowest BCUT2D eigenvalue weighted by Crippen LogP contribution is -2.09. The van der Waals surface area contributed by atoms with Gasteiger partial charge in [0.05, 0.1) is 0 Å². The van der Waals surface area contributed by atoms with Crippen molar-refractivity contribution in [2.24, 2.45) is 5.73 Å². The Morgan fingerprint density at radius 1 is 1.36 bits per heavy atom. The maximum atomic E-state index is 5.59. The highest BCUT2D eigenvalue weighted by Crippen LogP contribution is 2.22. The minimum Gasteiger partial charge on any atom is -0.330 e. The number of hydrogen-bond acceptors (Lipinski definition) is 3. The molecule has 0 amide bonds. The normalized spacial score (nSPS) is 12.8. The Bertz CT molecular complexity index is 267. The fourth-order valence-corrected chi connectivity index (χ4v) is 1.69. The Balaban J connectivity index is 2.75. The van der Waals surface area contributed by atoms with Crippen LogP contribution in [0.2, 0.25) is 0 Å². The smallest absolute Gasteiger partial charge is 0.115 e. The van der Waals surface area contributed by atoms with Crippen LogP contribution < -0.4 is 5.73 Å². The molecule has 2 N–H and O–H groups in total. The van der Waals surface area contributed by atoms with Gasteiger partial charge in [-0.25, -0.2) is 9.97 Å². The van der Waals surface area contributed by atoms with Crippen molar-refractivity contribution in [1.29, 1.82) is 0 Å². The minimum atomic E-state index is 0.506. The third-order valence-corrected chi connectivity index (χ3v) is 2.40. The van der Waals surface area contributed by atoms with Gasteiger partial charge < -0.3 is 5.73 Å². The molecule has 1 atom stereocenters. The van der Waals surface area contributed by atoms with Crippen LogP contribution in [0.1, 0.15) is 43.5 Å². The number of aromatic nitrogens is 2. The molecule has 0 spiro atoms. The van der Waals surface area contributed by atoms with Crippen LogP contribution in [0.5, 0.6) is 0 Å². The standard InChI is InChI=1S/C11H19N3/c1-3-4-10(5-6-12)11-7-9(2)13-8-14-11/h7-8,10H,3-6,12H2,1-2H3. The summed E-state index contributed by atoms with van der Waals surface area (Å²) in [6.07, 6.45) is 5.00. The van der Waals surface area contributed by atoms with Crippen LogP contribution in [-0.4, -0.2) is 16.5 Å². The summed E-state index contributed by atoms with van der Waals surface area (Å²) < 4.78 is 0. The Morgan fingerprint density at radius 2 is 2.14 bits per heavy atom. The Morgan fingerprint density at radius 3 is 2.71 bits per heavy atom. The van der Waals surface area contributed by atoms with Gasteiger partial charge in [0.25, 0.3) is 0 Å². The fourth-order valence-electron chi connectivity index (χ4n) is 1.69. The van der Waals surface area contributed by atoms with E-state index in [9.17, 15) is 0 Å². The monoisotopic (exact) mass is 193 g/mol. The van der Waals surface area contributed by atoms with Crippen molar-refractivity contribution in [2.45, 2.75) is 39.0 Å². The largest absolute Gasteiger partial charge is 0.330 e. The lowest BCUT2D eigenvalue weighted by molar-refractivity contribution is 0.560. The zero-order valence-electron chi connectivity index (χ0n) is 9.03. The van der Waals surface area contributed by atoms with Gasteiger partial charge in [-0.05, 0) is 32.4 Å². The van der Waals surface area contributed by atoms with Crippen molar-refractivity contribution in [1.82, 2.24) is 9.97 Å². The van der Waals surface area contributed by atoms with Gasteiger partial charge in [0.1, 0.15) is 6.33 Å². The molecule has 1 aromatic rings. The van der Waals surface area contributed by atoms with Gasteiger partial charge in [-0.3, -0.25) is 0 Å². The van der Waals surface area contributed by atoms with E-state index < -0.39 is 0 Å². The topological polar surface area (TPSA) is 51.8 Å². The summed E-state index contributed by atoms with van der Waals surface area (Å²) >= 11 is 0. The van der Waals surface area contributed by atoms with Crippen molar-refractivity contribution >= 4 is 0 Å². The molecule has 0 saturated heterocycles. The second-order valence-electron chi connectivity index (χ2n) is 3.65. The molecule has 3 heteroatoms. The predicted octanol–water partition coefficient (Wildman–Crippen LogP) is 2.02.